The van der Waals surface area contributed by atoms with Gasteiger partial charge < -0.3 is 0 Å². The molecule has 1 aliphatic heterocycles. The molecule has 1 fully saturated rings. The lowest BCUT2D eigenvalue weighted by molar-refractivity contribution is 0.179. The van der Waals surface area contributed by atoms with Crippen LogP contribution in [0.4, 0.5) is 0 Å². The molecule has 70 valence electrons. The lowest BCUT2D eigenvalue weighted by Gasteiger charge is -2.32. The smallest absolute Gasteiger partial charge is 0.0404 e. The maximum Gasteiger partial charge on any atom is 0.0404 e. The second kappa shape index (κ2) is 5.60. The third-order valence-electron chi connectivity index (χ3n) is 2.54. The monoisotopic (exact) mass is 187 g/mol. The van der Waals surface area contributed by atoms with Crippen LogP contribution in [0.3, 0.4) is 0 Å². The van der Waals surface area contributed by atoms with Gasteiger partial charge >= 0.3 is 0 Å². The molecule has 1 nitrogen and oxygen atoms in total. The normalized spacial score (nSPS) is 26.7. The van der Waals surface area contributed by atoms with E-state index in [2.05, 4.69) is 17.9 Å². The lowest BCUT2D eigenvalue weighted by atomic mass is 10.0. The zero-order valence-electron chi connectivity index (χ0n) is 7.80. The van der Waals surface area contributed by atoms with E-state index < -0.39 is 0 Å². The minimum absolute atomic E-state index is 0.641. The molecule has 0 bridgehead atoms. The molecule has 1 heterocycles. The van der Waals surface area contributed by atoms with Crippen molar-refractivity contribution in [2.75, 3.05) is 19.0 Å². The van der Waals surface area contributed by atoms with Gasteiger partial charge in [0.05, 0.1) is 0 Å². The summed E-state index contributed by atoms with van der Waals surface area (Å²) in [6.45, 7) is 4.65. The summed E-state index contributed by atoms with van der Waals surface area (Å²) in [6, 6.07) is 0.763. The topological polar surface area (TPSA) is 3.24 Å². The van der Waals surface area contributed by atoms with Gasteiger partial charge in [-0.15, -0.1) is 11.6 Å². The summed E-state index contributed by atoms with van der Waals surface area (Å²) in [5.41, 5.74) is 0. The Morgan fingerprint density at radius 2 is 2.25 bits per heavy atom. The van der Waals surface area contributed by atoms with Gasteiger partial charge in [0.2, 0.25) is 0 Å². The maximum absolute atomic E-state index is 5.55. The summed E-state index contributed by atoms with van der Waals surface area (Å²) in [7, 11) is 0. The van der Waals surface area contributed by atoms with Crippen molar-refractivity contribution in [3.8, 4) is 0 Å². The van der Waals surface area contributed by atoms with Crippen LogP contribution in [-0.4, -0.2) is 29.9 Å². The van der Waals surface area contributed by atoms with Crippen LogP contribution in [0.2, 0.25) is 0 Å². The number of halogens is 1. The molecule has 0 spiro atoms. The maximum atomic E-state index is 5.55. The Bertz CT molecular complexity index is 145. The molecule has 0 aromatic carbocycles. The molecule has 1 saturated heterocycles. The van der Waals surface area contributed by atoms with Crippen LogP contribution in [0.15, 0.2) is 12.2 Å². The van der Waals surface area contributed by atoms with Crippen molar-refractivity contribution in [2.45, 2.75) is 32.2 Å². The second-order valence-electron chi connectivity index (χ2n) is 3.47. The molecule has 0 aliphatic carbocycles. The van der Waals surface area contributed by atoms with Crippen LogP contribution in [0.5, 0.6) is 0 Å². The average Bonchev–Trinajstić information content (AvgIpc) is 2.09. The van der Waals surface area contributed by atoms with Gasteiger partial charge in [-0.2, -0.15) is 0 Å². The molecule has 1 aliphatic rings. The van der Waals surface area contributed by atoms with E-state index in [9.17, 15) is 0 Å². The molecule has 0 radical (unpaired) electrons. The van der Waals surface area contributed by atoms with Crippen LogP contribution in [0.25, 0.3) is 0 Å². The first-order valence-corrected chi connectivity index (χ1v) is 5.33. The van der Waals surface area contributed by atoms with Gasteiger partial charge in [-0.1, -0.05) is 18.6 Å². The van der Waals surface area contributed by atoms with Gasteiger partial charge in [0.25, 0.3) is 0 Å². The van der Waals surface area contributed by atoms with Crippen LogP contribution in [0, 0.1) is 0 Å². The average molecular weight is 188 g/mol. The Balaban J connectivity index is 2.24. The fourth-order valence-corrected chi connectivity index (χ4v) is 1.83. The van der Waals surface area contributed by atoms with Crippen LogP contribution < -0.4 is 0 Å². The minimum Gasteiger partial charge on any atom is -0.297 e. The lowest BCUT2D eigenvalue weighted by Crippen LogP contribution is -2.37. The van der Waals surface area contributed by atoms with E-state index in [1.54, 1.807) is 0 Å². The Kier molecular flexibility index (Phi) is 4.70. The first-order chi connectivity index (χ1) is 5.84. The fraction of sp³-hybridized carbons (Fsp3) is 0.800. The molecule has 0 saturated carbocycles. The summed E-state index contributed by atoms with van der Waals surface area (Å²) in [4.78, 5) is 2.52. The number of likely N-dealkylation sites (tertiary alicyclic amines) is 1. The third kappa shape index (κ3) is 3.16. The zero-order valence-corrected chi connectivity index (χ0v) is 8.56. The van der Waals surface area contributed by atoms with E-state index in [1.165, 1.54) is 25.8 Å². The molecule has 1 rings (SSSR count). The quantitative estimate of drug-likeness (QED) is 0.485. The molecule has 1 atom stereocenters. The molecule has 0 N–H and O–H groups in total. The highest BCUT2D eigenvalue weighted by Crippen LogP contribution is 2.15. The number of allylic oxidation sites excluding steroid dienone is 1. The minimum atomic E-state index is 0.641. The Morgan fingerprint density at radius 1 is 1.42 bits per heavy atom. The molecule has 0 amide bonds. The molecular weight excluding hydrogens is 170 g/mol. The van der Waals surface area contributed by atoms with E-state index in [4.69, 9.17) is 11.6 Å². The van der Waals surface area contributed by atoms with Gasteiger partial charge in [0, 0.05) is 18.5 Å². The summed E-state index contributed by atoms with van der Waals surface area (Å²) in [5, 5.41) is 0. The van der Waals surface area contributed by atoms with Gasteiger partial charge in [0.1, 0.15) is 0 Å². The van der Waals surface area contributed by atoms with Crippen molar-refractivity contribution < 1.29 is 0 Å². The zero-order chi connectivity index (χ0) is 8.81. The van der Waals surface area contributed by atoms with Gasteiger partial charge in [-0.25, -0.2) is 0 Å². The summed E-state index contributed by atoms with van der Waals surface area (Å²) >= 11 is 5.55. The summed E-state index contributed by atoms with van der Waals surface area (Å²) in [5.74, 6) is 0.641. The Hall–Kier alpha value is -0.0100. The largest absolute Gasteiger partial charge is 0.297 e. The van der Waals surface area contributed by atoms with Crippen molar-refractivity contribution in [1.82, 2.24) is 4.90 Å². The van der Waals surface area contributed by atoms with Gasteiger partial charge in [-0.05, 0) is 26.3 Å². The first-order valence-electron chi connectivity index (χ1n) is 4.79. The van der Waals surface area contributed by atoms with Crippen LogP contribution >= 0.6 is 11.6 Å². The number of nitrogens with zero attached hydrogens (tertiary/aromatic N) is 1. The van der Waals surface area contributed by atoms with E-state index in [-0.39, 0.29) is 0 Å². The summed E-state index contributed by atoms with van der Waals surface area (Å²) < 4.78 is 0. The van der Waals surface area contributed by atoms with Crippen LogP contribution in [-0.2, 0) is 0 Å². The summed E-state index contributed by atoms with van der Waals surface area (Å²) in [6.07, 6.45) is 8.32. The van der Waals surface area contributed by atoms with Crippen molar-refractivity contribution in [3.63, 3.8) is 0 Å². The predicted molar refractivity (Wildman–Crippen MR) is 54.7 cm³/mol. The highest BCUT2D eigenvalue weighted by atomic mass is 35.5. The van der Waals surface area contributed by atoms with Crippen molar-refractivity contribution in [3.05, 3.63) is 12.2 Å². The van der Waals surface area contributed by atoms with Crippen molar-refractivity contribution in [1.29, 1.82) is 0 Å². The first kappa shape index (κ1) is 10.1. The van der Waals surface area contributed by atoms with E-state index in [0.29, 0.717) is 5.88 Å². The number of alkyl halides is 1. The number of piperidine rings is 1. The number of hydrogen-bond donors (Lipinski definition) is 0. The van der Waals surface area contributed by atoms with Crippen molar-refractivity contribution >= 4 is 11.6 Å². The number of hydrogen-bond acceptors (Lipinski definition) is 1. The van der Waals surface area contributed by atoms with E-state index in [1.807, 2.05) is 6.08 Å². The molecule has 0 aromatic rings. The standard InChI is InChI=1S/C10H18ClN/c1-10-6-2-4-8-12(10)9-5-3-7-11/h3,5,10H,2,4,6-9H2,1H3/b5-3+. The number of rotatable bonds is 3. The molecule has 0 aromatic heterocycles. The van der Waals surface area contributed by atoms with Gasteiger partial charge in [0.15, 0.2) is 0 Å². The molecule has 12 heavy (non-hydrogen) atoms. The van der Waals surface area contributed by atoms with Crippen molar-refractivity contribution in [2.24, 2.45) is 0 Å². The molecular formula is C10H18ClN. The third-order valence-corrected chi connectivity index (χ3v) is 2.71. The fourth-order valence-electron chi connectivity index (χ4n) is 1.70. The van der Waals surface area contributed by atoms with E-state index >= 15 is 0 Å². The second-order valence-corrected chi connectivity index (χ2v) is 3.77. The van der Waals surface area contributed by atoms with Crippen LogP contribution in [0.1, 0.15) is 26.2 Å². The SMILES string of the molecule is CC1CCCCN1C/C=C/CCl. The Labute approximate surface area is 80.4 Å². The highest BCUT2D eigenvalue weighted by molar-refractivity contribution is 6.18. The molecule has 1 unspecified atom stereocenters. The van der Waals surface area contributed by atoms with Gasteiger partial charge in [-0.3, -0.25) is 4.90 Å². The van der Waals surface area contributed by atoms with E-state index in [0.717, 1.165) is 12.6 Å². The predicted octanol–water partition coefficient (Wildman–Crippen LogP) is 2.66. The highest BCUT2D eigenvalue weighted by Gasteiger charge is 2.15. The molecule has 2 heteroatoms. The Morgan fingerprint density at radius 3 is 2.92 bits per heavy atom.